The van der Waals surface area contributed by atoms with Crippen LogP contribution in [0.25, 0.3) is 0 Å². The van der Waals surface area contributed by atoms with Crippen molar-refractivity contribution in [3.8, 4) is 0 Å². The van der Waals surface area contributed by atoms with Gasteiger partial charge in [0.1, 0.15) is 5.60 Å². The van der Waals surface area contributed by atoms with Gasteiger partial charge in [-0.15, -0.1) is 0 Å². The summed E-state index contributed by atoms with van der Waals surface area (Å²) in [6, 6.07) is 4.02. The minimum absolute atomic E-state index is 0.0443. The van der Waals surface area contributed by atoms with Gasteiger partial charge in [-0.1, -0.05) is 11.6 Å². The average Bonchev–Trinajstić information content (AvgIpc) is 2.83. The normalized spacial score (nSPS) is 22.2. The highest BCUT2D eigenvalue weighted by Gasteiger charge is 2.32. The van der Waals surface area contributed by atoms with Crippen molar-refractivity contribution in [3.63, 3.8) is 0 Å². The smallest absolute Gasteiger partial charge is 0.251 e. The summed E-state index contributed by atoms with van der Waals surface area (Å²) < 4.78 is 28.2. The monoisotopic (exact) mass is 333 g/mol. The highest BCUT2D eigenvalue weighted by Crippen LogP contribution is 2.23. The third-order valence-corrected chi connectivity index (χ3v) is 4.83. The summed E-state index contributed by atoms with van der Waals surface area (Å²) in [7, 11) is -3.51. The van der Waals surface area contributed by atoms with Crippen LogP contribution in [0.5, 0.6) is 0 Å². The average molecular weight is 334 g/mol. The highest BCUT2D eigenvalue weighted by molar-refractivity contribution is 7.90. The fourth-order valence-corrected chi connectivity index (χ4v) is 3.31. The molecule has 2 rings (SSSR count). The molecule has 1 aliphatic heterocycles. The van der Waals surface area contributed by atoms with E-state index in [4.69, 9.17) is 16.3 Å². The Labute approximate surface area is 128 Å². The number of nitrogens with one attached hydrogen (secondary N) is 1. The molecule has 0 radical (unpaired) electrons. The maximum Gasteiger partial charge on any atom is 0.251 e. The molecule has 1 heterocycles. The van der Waals surface area contributed by atoms with Gasteiger partial charge in [0.25, 0.3) is 5.91 Å². The number of aliphatic hydroxyl groups is 1. The number of halogens is 1. The molecule has 6 nitrogen and oxygen atoms in total. The lowest BCUT2D eigenvalue weighted by Gasteiger charge is -2.20. The predicted octanol–water partition coefficient (Wildman–Crippen LogP) is 0.625. The molecule has 1 saturated heterocycles. The molecular weight excluding hydrogens is 318 g/mol. The maximum atomic E-state index is 12.0. The zero-order valence-corrected chi connectivity index (χ0v) is 13.0. The Kier molecular flexibility index (Phi) is 4.57. The Morgan fingerprint density at radius 3 is 2.81 bits per heavy atom. The van der Waals surface area contributed by atoms with Crippen molar-refractivity contribution in [2.45, 2.75) is 16.9 Å². The Morgan fingerprint density at radius 2 is 2.24 bits per heavy atom. The summed E-state index contributed by atoms with van der Waals surface area (Å²) in [6.45, 7) is 0.663. The standard InChI is InChI=1S/C13H16ClNO5S/c1-21(18,19)11-6-9(2-3-10(11)14)12(16)15-7-13(17)4-5-20-8-13/h2-3,6,17H,4-5,7-8H2,1H3,(H,15,16). The zero-order chi connectivity index (χ0) is 15.7. The van der Waals surface area contributed by atoms with Crippen molar-refractivity contribution < 1.29 is 23.1 Å². The van der Waals surface area contributed by atoms with Crippen LogP contribution in [-0.2, 0) is 14.6 Å². The molecule has 8 heteroatoms. The lowest BCUT2D eigenvalue weighted by atomic mass is 10.0. The van der Waals surface area contributed by atoms with Gasteiger partial charge in [0.05, 0.1) is 16.5 Å². The van der Waals surface area contributed by atoms with Crippen LogP contribution in [0.15, 0.2) is 23.1 Å². The van der Waals surface area contributed by atoms with Crippen LogP contribution >= 0.6 is 11.6 Å². The van der Waals surface area contributed by atoms with Gasteiger partial charge in [-0.25, -0.2) is 8.42 Å². The number of sulfone groups is 1. The Hall–Kier alpha value is -1.15. The quantitative estimate of drug-likeness (QED) is 0.843. The van der Waals surface area contributed by atoms with E-state index in [1.807, 2.05) is 0 Å². The minimum Gasteiger partial charge on any atom is -0.386 e. The molecule has 0 bridgehead atoms. The first-order valence-corrected chi connectivity index (χ1v) is 8.56. The molecule has 0 aromatic heterocycles. The zero-order valence-electron chi connectivity index (χ0n) is 11.4. The van der Waals surface area contributed by atoms with Gasteiger partial charge in [-0.3, -0.25) is 4.79 Å². The lowest BCUT2D eigenvalue weighted by Crippen LogP contribution is -2.43. The summed E-state index contributed by atoms with van der Waals surface area (Å²) in [6.07, 6.45) is 1.47. The number of rotatable bonds is 4. The molecule has 21 heavy (non-hydrogen) atoms. The number of carbonyl (C=O) groups is 1. The summed E-state index contributed by atoms with van der Waals surface area (Å²) >= 11 is 5.82. The van der Waals surface area contributed by atoms with Crippen LogP contribution < -0.4 is 5.32 Å². The van der Waals surface area contributed by atoms with Crippen molar-refractivity contribution >= 4 is 27.3 Å². The van der Waals surface area contributed by atoms with E-state index < -0.39 is 21.3 Å². The first kappa shape index (κ1) is 16.2. The number of benzene rings is 1. The van der Waals surface area contributed by atoms with Crippen molar-refractivity contribution in [1.29, 1.82) is 0 Å². The van der Waals surface area contributed by atoms with Crippen molar-refractivity contribution in [1.82, 2.24) is 5.32 Å². The fraction of sp³-hybridized carbons (Fsp3) is 0.462. The van der Waals surface area contributed by atoms with Crippen LogP contribution in [0.4, 0.5) is 0 Å². The van der Waals surface area contributed by atoms with Crippen LogP contribution in [-0.4, -0.2) is 51.0 Å². The van der Waals surface area contributed by atoms with Crippen molar-refractivity contribution in [2.75, 3.05) is 26.0 Å². The molecule has 2 N–H and O–H groups in total. The number of hydrogen-bond acceptors (Lipinski definition) is 5. The van der Waals surface area contributed by atoms with E-state index >= 15 is 0 Å². The second kappa shape index (κ2) is 5.92. The van der Waals surface area contributed by atoms with E-state index in [2.05, 4.69) is 5.32 Å². The molecule has 0 saturated carbocycles. The molecular formula is C13H16ClNO5S. The van der Waals surface area contributed by atoms with E-state index in [0.717, 1.165) is 6.26 Å². The van der Waals surface area contributed by atoms with Gasteiger partial charge in [0.15, 0.2) is 9.84 Å². The fourth-order valence-electron chi connectivity index (χ4n) is 2.01. The van der Waals surface area contributed by atoms with E-state index in [1.165, 1.54) is 18.2 Å². The van der Waals surface area contributed by atoms with Crippen molar-refractivity contribution in [3.05, 3.63) is 28.8 Å². The van der Waals surface area contributed by atoms with Crippen LogP contribution in [0.1, 0.15) is 16.8 Å². The molecule has 1 aromatic rings. The van der Waals surface area contributed by atoms with Gasteiger partial charge >= 0.3 is 0 Å². The second-order valence-corrected chi connectivity index (χ2v) is 7.52. The molecule has 1 fully saturated rings. The minimum atomic E-state index is -3.51. The third kappa shape index (κ3) is 3.94. The van der Waals surface area contributed by atoms with Gasteiger partial charge in [0.2, 0.25) is 0 Å². The van der Waals surface area contributed by atoms with E-state index in [-0.39, 0.29) is 28.6 Å². The van der Waals surface area contributed by atoms with Gasteiger partial charge in [-0.05, 0) is 18.2 Å². The maximum absolute atomic E-state index is 12.0. The predicted molar refractivity (Wildman–Crippen MR) is 77.3 cm³/mol. The summed E-state index contributed by atoms with van der Waals surface area (Å²) in [5.41, 5.74) is -0.899. The summed E-state index contributed by atoms with van der Waals surface area (Å²) in [4.78, 5) is 11.9. The van der Waals surface area contributed by atoms with Gasteiger partial charge in [0, 0.05) is 31.4 Å². The second-order valence-electron chi connectivity index (χ2n) is 5.13. The summed E-state index contributed by atoms with van der Waals surface area (Å²) in [5, 5.41) is 12.7. The van der Waals surface area contributed by atoms with Crippen LogP contribution in [0.2, 0.25) is 5.02 Å². The first-order valence-electron chi connectivity index (χ1n) is 6.29. The molecule has 1 aromatic carbocycles. The molecule has 1 atom stereocenters. The van der Waals surface area contributed by atoms with Gasteiger partial charge < -0.3 is 15.2 Å². The van der Waals surface area contributed by atoms with Crippen molar-refractivity contribution in [2.24, 2.45) is 0 Å². The van der Waals surface area contributed by atoms with E-state index in [9.17, 15) is 18.3 Å². The Bertz CT molecular complexity index is 653. The van der Waals surface area contributed by atoms with Crippen LogP contribution in [0.3, 0.4) is 0 Å². The number of carbonyl (C=O) groups excluding carboxylic acids is 1. The van der Waals surface area contributed by atoms with Crippen LogP contribution in [0, 0.1) is 0 Å². The SMILES string of the molecule is CS(=O)(=O)c1cc(C(=O)NCC2(O)CCOC2)ccc1Cl. The molecule has 1 amide bonds. The molecule has 0 spiro atoms. The number of ether oxygens (including phenoxy) is 1. The molecule has 116 valence electrons. The van der Waals surface area contributed by atoms with E-state index in [0.29, 0.717) is 13.0 Å². The lowest BCUT2D eigenvalue weighted by molar-refractivity contribution is 0.0264. The van der Waals surface area contributed by atoms with E-state index in [1.54, 1.807) is 0 Å². The molecule has 0 aliphatic carbocycles. The molecule has 1 aliphatic rings. The summed E-state index contributed by atoms with van der Waals surface area (Å²) in [5.74, 6) is -0.475. The largest absolute Gasteiger partial charge is 0.386 e. The Balaban J connectivity index is 2.13. The Morgan fingerprint density at radius 1 is 1.52 bits per heavy atom. The molecule has 1 unspecified atom stereocenters. The topological polar surface area (TPSA) is 92.7 Å². The number of amides is 1. The highest BCUT2D eigenvalue weighted by atomic mass is 35.5. The number of hydrogen-bond donors (Lipinski definition) is 2. The third-order valence-electron chi connectivity index (χ3n) is 3.25. The first-order chi connectivity index (χ1) is 9.71. The van der Waals surface area contributed by atoms with Gasteiger partial charge in [-0.2, -0.15) is 0 Å².